The van der Waals surface area contributed by atoms with E-state index in [0.717, 1.165) is 22.4 Å². The molecule has 3 rings (SSSR count). The standard InChI is InChI=1S/C23H23ClN2O2/c1-28-22-7-3-2-6-19(22)12-14-26-23(27)21(15-17-5-4-13-25-16-17)18-8-10-20(24)11-9-18/h2-11,13,16,21H,12,14-15H2,1H3,(H,26,27). The Bertz CT molecular complexity index is 898. The lowest BCUT2D eigenvalue weighted by atomic mass is 9.91. The molecule has 0 aliphatic carbocycles. The maximum atomic E-state index is 13.0. The Morgan fingerprint density at radius 1 is 1.11 bits per heavy atom. The summed E-state index contributed by atoms with van der Waals surface area (Å²) in [5.74, 6) is 0.515. The summed E-state index contributed by atoms with van der Waals surface area (Å²) in [6.07, 6.45) is 4.81. The first kappa shape index (κ1) is 19.9. The summed E-state index contributed by atoms with van der Waals surface area (Å²) < 4.78 is 5.38. The van der Waals surface area contributed by atoms with Crippen LogP contribution in [0.4, 0.5) is 0 Å². The van der Waals surface area contributed by atoms with E-state index in [9.17, 15) is 4.79 Å². The zero-order chi connectivity index (χ0) is 19.8. The number of amides is 1. The highest BCUT2D eigenvalue weighted by Gasteiger charge is 2.21. The molecule has 0 saturated carbocycles. The first-order chi connectivity index (χ1) is 13.7. The van der Waals surface area contributed by atoms with Gasteiger partial charge in [-0.2, -0.15) is 0 Å². The molecule has 0 bridgehead atoms. The monoisotopic (exact) mass is 394 g/mol. The van der Waals surface area contributed by atoms with Crippen molar-refractivity contribution in [2.75, 3.05) is 13.7 Å². The van der Waals surface area contributed by atoms with Crippen LogP contribution in [0, 0.1) is 0 Å². The minimum atomic E-state index is -0.306. The molecule has 0 radical (unpaired) electrons. The molecule has 144 valence electrons. The highest BCUT2D eigenvalue weighted by Crippen LogP contribution is 2.23. The first-order valence-electron chi connectivity index (χ1n) is 9.21. The van der Waals surface area contributed by atoms with Gasteiger partial charge in [0.15, 0.2) is 0 Å². The van der Waals surface area contributed by atoms with Crippen LogP contribution in [-0.2, 0) is 17.6 Å². The van der Waals surface area contributed by atoms with E-state index >= 15 is 0 Å². The van der Waals surface area contributed by atoms with E-state index in [1.54, 1.807) is 19.5 Å². The van der Waals surface area contributed by atoms with Gasteiger partial charge in [-0.1, -0.05) is 48.0 Å². The van der Waals surface area contributed by atoms with Crippen molar-refractivity contribution >= 4 is 17.5 Å². The fourth-order valence-corrected chi connectivity index (χ4v) is 3.29. The molecule has 4 nitrogen and oxygen atoms in total. The lowest BCUT2D eigenvalue weighted by Gasteiger charge is -2.18. The third kappa shape index (κ3) is 5.33. The molecule has 1 heterocycles. The fraction of sp³-hybridized carbons (Fsp3) is 0.217. The van der Waals surface area contributed by atoms with Crippen LogP contribution in [0.1, 0.15) is 22.6 Å². The lowest BCUT2D eigenvalue weighted by Crippen LogP contribution is -2.32. The molecule has 1 atom stereocenters. The summed E-state index contributed by atoms with van der Waals surface area (Å²) in [5, 5.41) is 3.72. The molecule has 0 fully saturated rings. The molecule has 1 amide bonds. The number of nitrogens with zero attached hydrogens (tertiary/aromatic N) is 1. The summed E-state index contributed by atoms with van der Waals surface area (Å²) in [6, 6.07) is 19.2. The Balaban J connectivity index is 1.70. The van der Waals surface area contributed by atoms with Gasteiger partial charge in [0.25, 0.3) is 0 Å². The van der Waals surface area contributed by atoms with Gasteiger partial charge in [-0.3, -0.25) is 9.78 Å². The highest BCUT2D eigenvalue weighted by atomic mass is 35.5. The van der Waals surface area contributed by atoms with E-state index in [1.807, 2.05) is 60.7 Å². The number of hydrogen-bond donors (Lipinski definition) is 1. The molecule has 0 aliphatic heterocycles. The molecule has 0 spiro atoms. The number of methoxy groups -OCH3 is 1. The number of rotatable bonds is 8. The number of aromatic nitrogens is 1. The zero-order valence-corrected chi connectivity index (χ0v) is 16.5. The number of pyridine rings is 1. The van der Waals surface area contributed by atoms with Gasteiger partial charge in [0.05, 0.1) is 13.0 Å². The van der Waals surface area contributed by atoms with Gasteiger partial charge >= 0.3 is 0 Å². The predicted octanol–water partition coefficient (Wildman–Crippen LogP) is 4.43. The van der Waals surface area contributed by atoms with Crippen molar-refractivity contribution in [3.05, 3.63) is 94.8 Å². The van der Waals surface area contributed by atoms with Gasteiger partial charge in [-0.25, -0.2) is 0 Å². The van der Waals surface area contributed by atoms with Crippen LogP contribution >= 0.6 is 11.6 Å². The molecule has 1 unspecified atom stereocenters. The SMILES string of the molecule is COc1ccccc1CCNC(=O)C(Cc1cccnc1)c1ccc(Cl)cc1. The molecule has 28 heavy (non-hydrogen) atoms. The normalized spacial score (nSPS) is 11.6. The minimum absolute atomic E-state index is 0.0129. The van der Waals surface area contributed by atoms with Gasteiger partial charge in [-0.15, -0.1) is 0 Å². The van der Waals surface area contributed by atoms with Crippen LogP contribution in [0.15, 0.2) is 73.1 Å². The molecular weight excluding hydrogens is 372 g/mol. The Morgan fingerprint density at radius 3 is 2.61 bits per heavy atom. The number of nitrogens with one attached hydrogen (secondary N) is 1. The second kappa shape index (κ2) is 9.90. The second-order valence-corrected chi connectivity index (χ2v) is 6.96. The van der Waals surface area contributed by atoms with E-state index < -0.39 is 0 Å². The highest BCUT2D eigenvalue weighted by molar-refractivity contribution is 6.30. The smallest absolute Gasteiger partial charge is 0.227 e. The molecule has 0 aliphatic rings. The van der Waals surface area contributed by atoms with E-state index in [4.69, 9.17) is 16.3 Å². The average Bonchev–Trinajstić information content (AvgIpc) is 2.74. The van der Waals surface area contributed by atoms with Crippen molar-refractivity contribution in [1.82, 2.24) is 10.3 Å². The maximum Gasteiger partial charge on any atom is 0.227 e. The van der Waals surface area contributed by atoms with Crippen LogP contribution in [0.3, 0.4) is 0 Å². The van der Waals surface area contributed by atoms with Gasteiger partial charge in [0, 0.05) is 24.0 Å². The summed E-state index contributed by atoms with van der Waals surface area (Å²) in [4.78, 5) is 17.1. The van der Waals surface area contributed by atoms with Gasteiger partial charge in [-0.05, 0) is 53.8 Å². The van der Waals surface area contributed by atoms with Crippen LogP contribution in [0.2, 0.25) is 5.02 Å². The number of benzene rings is 2. The van der Waals surface area contributed by atoms with Crippen molar-refractivity contribution in [3.63, 3.8) is 0 Å². The van der Waals surface area contributed by atoms with E-state index in [-0.39, 0.29) is 11.8 Å². The van der Waals surface area contributed by atoms with Crippen LogP contribution in [-0.4, -0.2) is 24.5 Å². The van der Waals surface area contributed by atoms with Gasteiger partial charge in [0.1, 0.15) is 5.75 Å². The quantitative estimate of drug-likeness (QED) is 0.615. The van der Waals surface area contributed by atoms with Gasteiger partial charge < -0.3 is 10.1 Å². The van der Waals surface area contributed by atoms with Crippen molar-refractivity contribution in [2.24, 2.45) is 0 Å². The maximum absolute atomic E-state index is 13.0. The first-order valence-corrected chi connectivity index (χ1v) is 9.59. The lowest BCUT2D eigenvalue weighted by molar-refractivity contribution is -0.122. The van der Waals surface area contributed by atoms with Gasteiger partial charge in [0.2, 0.25) is 5.91 Å². The molecule has 1 aromatic heterocycles. The van der Waals surface area contributed by atoms with Crippen LogP contribution in [0.25, 0.3) is 0 Å². The largest absolute Gasteiger partial charge is 0.496 e. The number of carbonyl (C=O) groups excluding carboxylic acids is 1. The Morgan fingerprint density at radius 2 is 1.89 bits per heavy atom. The van der Waals surface area contributed by atoms with Crippen molar-refractivity contribution in [2.45, 2.75) is 18.8 Å². The van der Waals surface area contributed by atoms with Crippen molar-refractivity contribution in [3.8, 4) is 5.75 Å². The van der Waals surface area contributed by atoms with E-state index in [1.165, 1.54) is 0 Å². The van der Waals surface area contributed by atoms with Crippen LogP contribution in [0.5, 0.6) is 5.75 Å². The molecular formula is C23H23ClN2O2. The molecule has 5 heteroatoms. The predicted molar refractivity (Wildman–Crippen MR) is 112 cm³/mol. The fourth-order valence-electron chi connectivity index (χ4n) is 3.16. The Kier molecular flexibility index (Phi) is 7.04. The van der Waals surface area contributed by atoms with Crippen molar-refractivity contribution in [1.29, 1.82) is 0 Å². The zero-order valence-electron chi connectivity index (χ0n) is 15.8. The van der Waals surface area contributed by atoms with Crippen molar-refractivity contribution < 1.29 is 9.53 Å². The summed E-state index contributed by atoms with van der Waals surface area (Å²) in [7, 11) is 1.65. The Labute approximate surface area is 170 Å². The average molecular weight is 395 g/mol. The number of para-hydroxylation sites is 1. The summed E-state index contributed by atoms with van der Waals surface area (Å²) in [6.45, 7) is 0.538. The topological polar surface area (TPSA) is 51.2 Å². The summed E-state index contributed by atoms with van der Waals surface area (Å²) in [5.41, 5.74) is 3.02. The Hall–Kier alpha value is -2.85. The van der Waals surface area contributed by atoms with E-state index in [0.29, 0.717) is 24.4 Å². The molecule has 3 aromatic rings. The number of carbonyl (C=O) groups is 1. The molecule has 0 saturated heterocycles. The third-order valence-electron chi connectivity index (χ3n) is 4.64. The third-order valence-corrected chi connectivity index (χ3v) is 4.89. The second-order valence-electron chi connectivity index (χ2n) is 6.52. The van der Waals surface area contributed by atoms with E-state index in [2.05, 4.69) is 10.3 Å². The number of ether oxygens (including phenoxy) is 1. The molecule has 2 aromatic carbocycles. The van der Waals surface area contributed by atoms with Crippen LogP contribution < -0.4 is 10.1 Å². The number of hydrogen-bond acceptors (Lipinski definition) is 3. The minimum Gasteiger partial charge on any atom is -0.496 e. The summed E-state index contributed by atoms with van der Waals surface area (Å²) >= 11 is 6.01. The number of halogens is 1. The molecule has 1 N–H and O–H groups in total.